The molecular weight excluding hydrogens is 216 g/mol. The normalized spacial score (nSPS) is 10.0. The highest BCUT2D eigenvalue weighted by Crippen LogP contribution is 2.29. The molecule has 0 atom stereocenters. The van der Waals surface area contributed by atoms with E-state index in [0.29, 0.717) is 0 Å². The highest BCUT2D eigenvalue weighted by Gasteiger charge is 2.19. The summed E-state index contributed by atoms with van der Waals surface area (Å²) in [6, 6.07) is 2.08. The van der Waals surface area contributed by atoms with E-state index in [-0.39, 0.29) is 16.8 Å². The molecule has 0 spiro atoms. The molecule has 5 heteroatoms. The van der Waals surface area contributed by atoms with E-state index in [9.17, 15) is 13.6 Å². The Balaban J connectivity index is 3.46. The molecule has 0 radical (unpaired) electrons. The molecular formula is C11H11F2NO2. The van der Waals surface area contributed by atoms with E-state index in [0.717, 1.165) is 6.07 Å². The van der Waals surface area contributed by atoms with Crippen molar-refractivity contribution in [1.29, 1.82) is 0 Å². The topological polar surface area (TPSA) is 40.5 Å². The molecule has 0 amide bonds. The van der Waals surface area contributed by atoms with Crippen molar-refractivity contribution in [1.82, 2.24) is 0 Å². The molecule has 0 aliphatic carbocycles. The number of hydrogen-bond acceptors (Lipinski definition) is 2. The minimum Gasteiger partial charge on any atom is -0.478 e. The largest absolute Gasteiger partial charge is 0.478 e. The summed E-state index contributed by atoms with van der Waals surface area (Å²) in [5.74, 6) is -3.37. The fraction of sp³-hybridized carbons (Fsp3) is 0.182. The van der Waals surface area contributed by atoms with Gasteiger partial charge < -0.3 is 10.0 Å². The second-order valence-electron chi connectivity index (χ2n) is 3.44. The van der Waals surface area contributed by atoms with Crippen LogP contribution in [-0.2, 0) is 4.79 Å². The van der Waals surface area contributed by atoms with Gasteiger partial charge in [0, 0.05) is 19.7 Å². The minimum atomic E-state index is -1.27. The standard InChI is InChI=1S/C11H11F2NO2/c1-6(11(15)16)7-4-5-8(12)9(13)10(7)14(2)3/h4-5H,1H2,2-3H3,(H,15,16). The zero-order valence-electron chi connectivity index (χ0n) is 8.92. The number of anilines is 1. The molecule has 86 valence electrons. The molecule has 0 fully saturated rings. The molecule has 0 aliphatic heterocycles. The fourth-order valence-electron chi connectivity index (χ4n) is 1.34. The highest BCUT2D eigenvalue weighted by molar-refractivity contribution is 6.16. The first-order valence-electron chi connectivity index (χ1n) is 4.44. The molecule has 0 aliphatic rings. The van der Waals surface area contributed by atoms with Gasteiger partial charge >= 0.3 is 5.97 Å². The van der Waals surface area contributed by atoms with Gasteiger partial charge in [-0.2, -0.15) is 0 Å². The number of aliphatic carboxylic acids is 1. The molecule has 0 heterocycles. The first-order valence-corrected chi connectivity index (χ1v) is 4.44. The lowest BCUT2D eigenvalue weighted by atomic mass is 10.0. The van der Waals surface area contributed by atoms with Crippen molar-refractivity contribution < 1.29 is 18.7 Å². The molecule has 0 saturated carbocycles. The van der Waals surface area contributed by atoms with Crippen molar-refractivity contribution in [3.63, 3.8) is 0 Å². The SMILES string of the molecule is C=C(C(=O)O)c1ccc(F)c(F)c1N(C)C. The van der Waals surface area contributed by atoms with Crippen LogP contribution in [0.2, 0.25) is 0 Å². The molecule has 1 N–H and O–H groups in total. The summed E-state index contributed by atoms with van der Waals surface area (Å²) in [7, 11) is 2.99. The van der Waals surface area contributed by atoms with Gasteiger partial charge in [-0.3, -0.25) is 0 Å². The number of carbonyl (C=O) groups is 1. The molecule has 1 aromatic rings. The van der Waals surface area contributed by atoms with E-state index >= 15 is 0 Å². The van der Waals surface area contributed by atoms with Crippen LogP contribution < -0.4 is 4.90 Å². The maximum absolute atomic E-state index is 13.5. The van der Waals surface area contributed by atoms with Crippen LogP contribution in [-0.4, -0.2) is 25.2 Å². The Hall–Kier alpha value is -1.91. The third-order valence-corrected chi connectivity index (χ3v) is 2.10. The van der Waals surface area contributed by atoms with Crippen molar-refractivity contribution in [2.75, 3.05) is 19.0 Å². The van der Waals surface area contributed by atoms with Crippen LogP contribution in [0.15, 0.2) is 18.7 Å². The number of nitrogens with zero attached hydrogens (tertiary/aromatic N) is 1. The van der Waals surface area contributed by atoms with Crippen LogP contribution >= 0.6 is 0 Å². The predicted octanol–water partition coefficient (Wildman–Crippen LogP) is 2.13. The fourth-order valence-corrected chi connectivity index (χ4v) is 1.34. The van der Waals surface area contributed by atoms with Gasteiger partial charge in [0.25, 0.3) is 0 Å². The Labute approximate surface area is 91.6 Å². The first kappa shape index (κ1) is 12.2. The Kier molecular flexibility index (Phi) is 3.27. The van der Waals surface area contributed by atoms with Crippen LogP contribution in [0.5, 0.6) is 0 Å². The molecule has 16 heavy (non-hydrogen) atoms. The number of hydrogen-bond donors (Lipinski definition) is 1. The Morgan fingerprint density at radius 3 is 2.38 bits per heavy atom. The number of carboxylic acids is 1. The van der Waals surface area contributed by atoms with Crippen molar-refractivity contribution in [3.8, 4) is 0 Å². The monoisotopic (exact) mass is 227 g/mol. The Morgan fingerprint density at radius 1 is 1.38 bits per heavy atom. The van der Waals surface area contributed by atoms with Gasteiger partial charge in [0.2, 0.25) is 0 Å². The first-order chi connectivity index (χ1) is 7.36. The molecule has 0 unspecified atom stereocenters. The van der Waals surface area contributed by atoms with E-state index < -0.39 is 17.6 Å². The smallest absolute Gasteiger partial charge is 0.335 e. The van der Waals surface area contributed by atoms with Crippen molar-refractivity contribution in [2.45, 2.75) is 0 Å². The molecule has 0 aromatic heterocycles. The second kappa shape index (κ2) is 4.30. The van der Waals surface area contributed by atoms with Gasteiger partial charge in [0.05, 0.1) is 11.3 Å². The summed E-state index contributed by atoms with van der Waals surface area (Å²) in [6.45, 7) is 3.32. The van der Waals surface area contributed by atoms with Crippen LogP contribution in [0.25, 0.3) is 5.57 Å². The number of carboxylic acid groups (broad SMARTS) is 1. The van der Waals surface area contributed by atoms with Gasteiger partial charge in [0.1, 0.15) is 0 Å². The van der Waals surface area contributed by atoms with E-state index in [1.165, 1.54) is 25.1 Å². The Bertz CT molecular complexity index is 456. The van der Waals surface area contributed by atoms with Crippen LogP contribution in [0.4, 0.5) is 14.5 Å². The van der Waals surface area contributed by atoms with E-state index in [2.05, 4.69) is 6.58 Å². The number of rotatable bonds is 3. The van der Waals surface area contributed by atoms with E-state index in [4.69, 9.17) is 5.11 Å². The van der Waals surface area contributed by atoms with Gasteiger partial charge in [-0.1, -0.05) is 6.58 Å². The predicted molar refractivity (Wildman–Crippen MR) is 57.4 cm³/mol. The summed E-state index contributed by atoms with van der Waals surface area (Å²) in [5.41, 5.74) is -0.327. The highest BCUT2D eigenvalue weighted by atomic mass is 19.2. The van der Waals surface area contributed by atoms with Gasteiger partial charge in [0.15, 0.2) is 11.6 Å². The maximum Gasteiger partial charge on any atom is 0.335 e. The third-order valence-electron chi connectivity index (χ3n) is 2.10. The molecule has 1 aromatic carbocycles. The lowest BCUT2D eigenvalue weighted by Gasteiger charge is -2.18. The molecule has 0 saturated heterocycles. The lowest BCUT2D eigenvalue weighted by Crippen LogP contribution is -2.15. The lowest BCUT2D eigenvalue weighted by molar-refractivity contribution is -0.130. The average molecular weight is 227 g/mol. The summed E-state index contributed by atoms with van der Waals surface area (Å²) in [4.78, 5) is 12.0. The van der Waals surface area contributed by atoms with Crippen LogP contribution in [0, 0.1) is 11.6 Å². The summed E-state index contributed by atoms with van der Waals surface area (Å²) >= 11 is 0. The zero-order chi connectivity index (χ0) is 12.5. The Morgan fingerprint density at radius 2 is 1.94 bits per heavy atom. The van der Waals surface area contributed by atoms with Crippen LogP contribution in [0.3, 0.4) is 0 Å². The van der Waals surface area contributed by atoms with Gasteiger partial charge in [-0.15, -0.1) is 0 Å². The average Bonchev–Trinajstić information content (AvgIpc) is 2.20. The summed E-state index contributed by atoms with van der Waals surface area (Å²) in [6.07, 6.45) is 0. The van der Waals surface area contributed by atoms with Crippen molar-refractivity contribution in [3.05, 3.63) is 35.9 Å². The number of benzene rings is 1. The molecule has 1 rings (SSSR count). The van der Waals surface area contributed by atoms with Crippen molar-refractivity contribution in [2.24, 2.45) is 0 Å². The quantitative estimate of drug-likeness (QED) is 0.804. The van der Waals surface area contributed by atoms with Crippen molar-refractivity contribution >= 4 is 17.2 Å². The minimum absolute atomic E-state index is 0.0661. The van der Waals surface area contributed by atoms with Gasteiger partial charge in [-0.25, -0.2) is 13.6 Å². The van der Waals surface area contributed by atoms with Gasteiger partial charge in [-0.05, 0) is 12.1 Å². The summed E-state index contributed by atoms with van der Waals surface area (Å²) in [5, 5.41) is 8.77. The maximum atomic E-state index is 13.5. The van der Waals surface area contributed by atoms with Crippen LogP contribution in [0.1, 0.15) is 5.56 Å². The summed E-state index contributed by atoms with van der Waals surface area (Å²) < 4.78 is 26.5. The molecule has 3 nitrogen and oxygen atoms in total. The van der Waals surface area contributed by atoms with E-state index in [1.807, 2.05) is 0 Å². The molecule has 0 bridgehead atoms. The number of halogens is 2. The second-order valence-corrected chi connectivity index (χ2v) is 3.44. The van der Waals surface area contributed by atoms with E-state index in [1.54, 1.807) is 0 Å². The third kappa shape index (κ3) is 2.03. The zero-order valence-corrected chi connectivity index (χ0v) is 8.92.